The molecule has 1 unspecified atom stereocenters. The smallest absolute Gasteiger partial charge is 0.0594 e. The average Bonchev–Trinajstić information content (AvgIpc) is 2.90. The molecular formula is C15H30N2O. The summed E-state index contributed by atoms with van der Waals surface area (Å²) in [6.45, 7) is 12.1. The highest BCUT2D eigenvalue weighted by atomic mass is 16.5. The third kappa shape index (κ3) is 3.06. The first-order chi connectivity index (χ1) is 8.66. The predicted octanol–water partition coefficient (Wildman–Crippen LogP) is 2.27. The van der Waals surface area contributed by atoms with Crippen molar-refractivity contribution in [2.45, 2.75) is 58.0 Å². The SMILES string of the molecule is CCNC(C1CCCC1)C(C)(C)N1CCOCC1. The van der Waals surface area contributed by atoms with Gasteiger partial charge in [-0.2, -0.15) is 0 Å². The molecule has 18 heavy (non-hydrogen) atoms. The van der Waals surface area contributed by atoms with Crippen LogP contribution in [0.3, 0.4) is 0 Å². The molecule has 106 valence electrons. The molecule has 0 spiro atoms. The lowest BCUT2D eigenvalue weighted by molar-refractivity contribution is -0.0311. The zero-order chi connectivity index (χ0) is 13.0. The predicted molar refractivity (Wildman–Crippen MR) is 75.9 cm³/mol. The molecule has 2 fully saturated rings. The maximum absolute atomic E-state index is 5.50. The van der Waals surface area contributed by atoms with E-state index in [4.69, 9.17) is 4.74 Å². The van der Waals surface area contributed by atoms with E-state index >= 15 is 0 Å². The highest BCUT2D eigenvalue weighted by Gasteiger charge is 2.40. The molecule has 0 aromatic rings. The van der Waals surface area contributed by atoms with Gasteiger partial charge in [-0.1, -0.05) is 19.8 Å². The minimum atomic E-state index is 0.245. The molecule has 0 amide bonds. The van der Waals surface area contributed by atoms with Gasteiger partial charge in [-0.05, 0) is 39.2 Å². The summed E-state index contributed by atoms with van der Waals surface area (Å²) in [5, 5.41) is 3.78. The number of hydrogen-bond donors (Lipinski definition) is 1. The van der Waals surface area contributed by atoms with Crippen molar-refractivity contribution in [3.05, 3.63) is 0 Å². The number of nitrogens with zero attached hydrogens (tertiary/aromatic N) is 1. The molecule has 1 heterocycles. The largest absolute Gasteiger partial charge is 0.379 e. The van der Waals surface area contributed by atoms with Crippen molar-refractivity contribution in [1.82, 2.24) is 10.2 Å². The number of hydrogen-bond acceptors (Lipinski definition) is 3. The summed E-state index contributed by atoms with van der Waals surface area (Å²) in [6.07, 6.45) is 5.66. The lowest BCUT2D eigenvalue weighted by Gasteiger charge is -2.48. The van der Waals surface area contributed by atoms with Crippen LogP contribution in [0.4, 0.5) is 0 Å². The molecule has 0 radical (unpaired) electrons. The molecule has 0 bridgehead atoms. The van der Waals surface area contributed by atoms with Crippen molar-refractivity contribution in [3.8, 4) is 0 Å². The Bertz CT molecular complexity index is 243. The first-order valence-corrected chi connectivity index (χ1v) is 7.72. The monoisotopic (exact) mass is 254 g/mol. The molecule has 2 rings (SSSR count). The van der Waals surface area contributed by atoms with Crippen LogP contribution in [0.5, 0.6) is 0 Å². The van der Waals surface area contributed by atoms with E-state index in [1.807, 2.05) is 0 Å². The van der Waals surface area contributed by atoms with Gasteiger partial charge in [0.2, 0.25) is 0 Å². The Balaban J connectivity index is 2.05. The molecule has 1 aliphatic heterocycles. The van der Waals surface area contributed by atoms with Gasteiger partial charge in [0, 0.05) is 24.7 Å². The van der Waals surface area contributed by atoms with Crippen LogP contribution in [0.15, 0.2) is 0 Å². The van der Waals surface area contributed by atoms with E-state index in [1.165, 1.54) is 25.7 Å². The van der Waals surface area contributed by atoms with Crippen molar-refractivity contribution in [2.24, 2.45) is 5.92 Å². The number of likely N-dealkylation sites (N-methyl/N-ethyl adjacent to an activating group) is 1. The molecular weight excluding hydrogens is 224 g/mol. The molecule has 1 atom stereocenters. The summed E-state index contributed by atoms with van der Waals surface area (Å²) in [5.74, 6) is 0.864. The fraction of sp³-hybridized carbons (Fsp3) is 1.00. The van der Waals surface area contributed by atoms with Crippen LogP contribution in [0.1, 0.15) is 46.5 Å². The Hall–Kier alpha value is -0.120. The Labute approximate surface area is 112 Å². The van der Waals surface area contributed by atoms with Gasteiger partial charge in [0.1, 0.15) is 0 Å². The quantitative estimate of drug-likeness (QED) is 0.814. The number of nitrogens with one attached hydrogen (secondary N) is 1. The van der Waals surface area contributed by atoms with Crippen LogP contribution in [0.25, 0.3) is 0 Å². The topological polar surface area (TPSA) is 24.5 Å². The normalized spacial score (nSPS) is 25.5. The molecule has 0 aromatic heterocycles. The lowest BCUT2D eigenvalue weighted by Crippen LogP contribution is -2.62. The van der Waals surface area contributed by atoms with E-state index in [1.54, 1.807) is 0 Å². The maximum atomic E-state index is 5.50. The van der Waals surface area contributed by atoms with Gasteiger partial charge in [-0.3, -0.25) is 4.90 Å². The molecule has 1 aliphatic carbocycles. The van der Waals surface area contributed by atoms with Crippen molar-refractivity contribution in [2.75, 3.05) is 32.8 Å². The molecule has 1 N–H and O–H groups in total. The molecule has 1 saturated carbocycles. The first-order valence-electron chi connectivity index (χ1n) is 7.72. The van der Waals surface area contributed by atoms with Gasteiger partial charge in [0.15, 0.2) is 0 Å². The molecule has 1 saturated heterocycles. The van der Waals surface area contributed by atoms with Gasteiger partial charge < -0.3 is 10.1 Å². The van der Waals surface area contributed by atoms with E-state index in [9.17, 15) is 0 Å². The van der Waals surface area contributed by atoms with Gasteiger partial charge in [0.25, 0.3) is 0 Å². The minimum absolute atomic E-state index is 0.245. The second-order valence-electron chi connectivity index (χ2n) is 6.33. The van der Waals surface area contributed by atoms with Gasteiger partial charge >= 0.3 is 0 Å². The molecule has 0 aromatic carbocycles. The zero-order valence-electron chi connectivity index (χ0n) is 12.4. The summed E-state index contributed by atoms with van der Waals surface area (Å²) < 4.78 is 5.50. The Kier molecular flexibility index (Phi) is 5.05. The summed E-state index contributed by atoms with van der Waals surface area (Å²) in [7, 11) is 0. The van der Waals surface area contributed by atoms with E-state index in [0.29, 0.717) is 6.04 Å². The number of ether oxygens (including phenoxy) is 1. The number of morpholine rings is 1. The highest BCUT2D eigenvalue weighted by Crippen LogP contribution is 2.35. The van der Waals surface area contributed by atoms with E-state index < -0.39 is 0 Å². The summed E-state index contributed by atoms with van der Waals surface area (Å²) >= 11 is 0. The summed E-state index contributed by atoms with van der Waals surface area (Å²) in [5.41, 5.74) is 0.245. The minimum Gasteiger partial charge on any atom is -0.379 e. The Morgan fingerprint density at radius 1 is 1.22 bits per heavy atom. The van der Waals surface area contributed by atoms with Gasteiger partial charge in [-0.15, -0.1) is 0 Å². The van der Waals surface area contributed by atoms with Gasteiger partial charge in [0.05, 0.1) is 13.2 Å². The van der Waals surface area contributed by atoms with Crippen LogP contribution in [0, 0.1) is 5.92 Å². The molecule has 2 aliphatic rings. The Morgan fingerprint density at radius 3 is 2.39 bits per heavy atom. The lowest BCUT2D eigenvalue weighted by atomic mass is 9.81. The second-order valence-corrected chi connectivity index (χ2v) is 6.33. The van der Waals surface area contributed by atoms with Crippen LogP contribution >= 0.6 is 0 Å². The fourth-order valence-corrected chi connectivity index (χ4v) is 3.84. The van der Waals surface area contributed by atoms with Crippen molar-refractivity contribution < 1.29 is 4.74 Å². The summed E-state index contributed by atoms with van der Waals surface area (Å²) in [6, 6.07) is 0.628. The average molecular weight is 254 g/mol. The third-order valence-corrected chi connectivity index (χ3v) is 4.88. The standard InChI is InChI=1S/C15H30N2O/c1-4-16-14(13-7-5-6-8-13)15(2,3)17-9-11-18-12-10-17/h13-14,16H,4-12H2,1-3H3. The first kappa shape index (κ1) is 14.3. The van der Waals surface area contributed by atoms with Crippen molar-refractivity contribution >= 4 is 0 Å². The Morgan fingerprint density at radius 2 is 1.83 bits per heavy atom. The molecule has 3 heteroatoms. The highest BCUT2D eigenvalue weighted by molar-refractivity contribution is 4.98. The van der Waals surface area contributed by atoms with Gasteiger partial charge in [-0.25, -0.2) is 0 Å². The van der Waals surface area contributed by atoms with Crippen molar-refractivity contribution in [3.63, 3.8) is 0 Å². The van der Waals surface area contributed by atoms with E-state index in [-0.39, 0.29) is 5.54 Å². The maximum Gasteiger partial charge on any atom is 0.0594 e. The van der Waals surface area contributed by atoms with E-state index in [0.717, 1.165) is 38.8 Å². The van der Waals surface area contributed by atoms with E-state index in [2.05, 4.69) is 31.0 Å². The van der Waals surface area contributed by atoms with Crippen LogP contribution in [-0.2, 0) is 4.74 Å². The van der Waals surface area contributed by atoms with Crippen LogP contribution in [0.2, 0.25) is 0 Å². The summed E-state index contributed by atoms with van der Waals surface area (Å²) in [4.78, 5) is 2.63. The van der Waals surface area contributed by atoms with Crippen molar-refractivity contribution in [1.29, 1.82) is 0 Å². The third-order valence-electron chi connectivity index (χ3n) is 4.88. The van der Waals surface area contributed by atoms with Crippen LogP contribution < -0.4 is 5.32 Å². The second kappa shape index (κ2) is 6.36. The number of rotatable bonds is 5. The van der Waals surface area contributed by atoms with Crippen LogP contribution in [-0.4, -0.2) is 49.3 Å². The molecule has 3 nitrogen and oxygen atoms in total. The fourth-order valence-electron chi connectivity index (χ4n) is 3.84. The zero-order valence-corrected chi connectivity index (χ0v) is 12.4.